The number of carbonyl (C=O) groups is 1. The molecule has 1 atom stereocenters. The predicted molar refractivity (Wildman–Crippen MR) is 67.0 cm³/mol. The summed E-state index contributed by atoms with van der Waals surface area (Å²) in [5.74, 6) is 0.0284. The maximum atomic E-state index is 11.3. The van der Waals surface area contributed by atoms with Crippen LogP contribution < -0.4 is 11.1 Å². The van der Waals surface area contributed by atoms with Crippen LogP contribution in [-0.2, 0) is 11.2 Å². The highest BCUT2D eigenvalue weighted by molar-refractivity contribution is 9.10. The maximum Gasteiger partial charge on any atom is 0.221 e. The molecule has 3 N–H and O–H groups in total. The van der Waals surface area contributed by atoms with Crippen LogP contribution in [0.3, 0.4) is 0 Å². The van der Waals surface area contributed by atoms with Gasteiger partial charge in [0.15, 0.2) is 0 Å². The lowest BCUT2D eigenvalue weighted by molar-refractivity contribution is -0.121. The van der Waals surface area contributed by atoms with Crippen molar-refractivity contribution in [1.82, 2.24) is 5.32 Å². The van der Waals surface area contributed by atoms with Gasteiger partial charge in [-0.25, -0.2) is 0 Å². The molecule has 0 saturated heterocycles. The van der Waals surface area contributed by atoms with E-state index in [1.54, 1.807) is 11.3 Å². The normalized spacial score (nSPS) is 12.5. The number of carbonyl (C=O) groups excluding carboxylic acids is 1. The minimum Gasteiger partial charge on any atom is -0.356 e. The molecule has 0 aliphatic rings. The summed E-state index contributed by atoms with van der Waals surface area (Å²) in [5, 5.41) is 4.88. The number of hydrogen-bond donors (Lipinski definition) is 2. The Kier molecular flexibility index (Phi) is 5.28. The van der Waals surface area contributed by atoms with Crippen molar-refractivity contribution >= 4 is 33.2 Å². The smallest absolute Gasteiger partial charge is 0.221 e. The van der Waals surface area contributed by atoms with Crippen LogP contribution in [0, 0.1) is 0 Å². The molecule has 84 valence electrons. The lowest BCUT2D eigenvalue weighted by atomic mass is 10.2. The topological polar surface area (TPSA) is 55.1 Å². The SMILES string of the molecule is CC(N)CC(=O)NCCc1cc(Br)cs1. The fourth-order valence-corrected chi connectivity index (χ4v) is 2.63. The molecule has 1 amide bonds. The third-order valence-corrected chi connectivity index (χ3v) is 3.58. The summed E-state index contributed by atoms with van der Waals surface area (Å²) in [5.41, 5.74) is 5.51. The summed E-state index contributed by atoms with van der Waals surface area (Å²) in [7, 11) is 0. The summed E-state index contributed by atoms with van der Waals surface area (Å²) < 4.78 is 1.10. The molecule has 0 fully saturated rings. The Morgan fingerprint density at radius 3 is 3.00 bits per heavy atom. The Labute approximate surface area is 102 Å². The van der Waals surface area contributed by atoms with E-state index in [9.17, 15) is 4.79 Å². The van der Waals surface area contributed by atoms with Crippen molar-refractivity contribution < 1.29 is 4.79 Å². The van der Waals surface area contributed by atoms with E-state index in [-0.39, 0.29) is 11.9 Å². The van der Waals surface area contributed by atoms with E-state index >= 15 is 0 Å². The molecule has 0 radical (unpaired) electrons. The van der Waals surface area contributed by atoms with Crippen LogP contribution in [0.1, 0.15) is 18.2 Å². The van der Waals surface area contributed by atoms with E-state index in [1.807, 2.05) is 12.3 Å². The van der Waals surface area contributed by atoms with Crippen LogP contribution in [0.25, 0.3) is 0 Å². The van der Waals surface area contributed by atoms with Crippen molar-refractivity contribution in [2.24, 2.45) is 5.73 Å². The number of nitrogens with two attached hydrogens (primary N) is 1. The molecular weight excluding hydrogens is 276 g/mol. The third-order valence-electron chi connectivity index (χ3n) is 1.82. The van der Waals surface area contributed by atoms with Gasteiger partial charge in [0, 0.05) is 33.7 Å². The monoisotopic (exact) mass is 290 g/mol. The molecule has 1 aromatic rings. The van der Waals surface area contributed by atoms with E-state index in [0.29, 0.717) is 13.0 Å². The number of halogens is 1. The molecule has 5 heteroatoms. The average Bonchev–Trinajstić information content (AvgIpc) is 2.50. The minimum absolute atomic E-state index is 0.0284. The number of amides is 1. The summed E-state index contributed by atoms with van der Waals surface area (Å²) >= 11 is 5.08. The molecule has 0 bridgehead atoms. The molecule has 1 aromatic heterocycles. The Hall–Kier alpha value is -0.390. The minimum atomic E-state index is -0.0686. The molecule has 0 spiro atoms. The van der Waals surface area contributed by atoms with Crippen LogP contribution in [0.2, 0.25) is 0 Å². The Bertz CT molecular complexity index is 325. The van der Waals surface area contributed by atoms with Crippen molar-refractivity contribution in [3.63, 3.8) is 0 Å². The van der Waals surface area contributed by atoms with Crippen molar-refractivity contribution in [1.29, 1.82) is 0 Å². The van der Waals surface area contributed by atoms with Crippen LogP contribution in [-0.4, -0.2) is 18.5 Å². The third kappa shape index (κ3) is 5.30. The highest BCUT2D eigenvalue weighted by Crippen LogP contribution is 2.19. The van der Waals surface area contributed by atoms with Gasteiger partial charge in [0.25, 0.3) is 0 Å². The summed E-state index contributed by atoms with van der Waals surface area (Å²) in [4.78, 5) is 12.5. The molecule has 0 aromatic carbocycles. The van der Waals surface area contributed by atoms with E-state index in [4.69, 9.17) is 5.73 Å². The number of thiophene rings is 1. The maximum absolute atomic E-state index is 11.3. The van der Waals surface area contributed by atoms with Crippen molar-refractivity contribution in [3.8, 4) is 0 Å². The lowest BCUT2D eigenvalue weighted by Crippen LogP contribution is -2.31. The first-order chi connectivity index (χ1) is 7.08. The van der Waals surface area contributed by atoms with E-state index in [1.165, 1.54) is 4.88 Å². The molecule has 1 heterocycles. The summed E-state index contributed by atoms with van der Waals surface area (Å²) in [6.07, 6.45) is 1.27. The molecule has 1 unspecified atom stereocenters. The molecule has 0 saturated carbocycles. The van der Waals surface area contributed by atoms with Crippen LogP contribution >= 0.6 is 27.3 Å². The van der Waals surface area contributed by atoms with Gasteiger partial charge in [-0.15, -0.1) is 11.3 Å². The second-order valence-electron chi connectivity index (χ2n) is 3.51. The fourth-order valence-electron chi connectivity index (χ4n) is 1.17. The number of rotatable bonds is 5. The quantitative estimate of drug-likeness (QED) is 0.870. The Morgan fingerprint density at radius 2 is 2.47 bits per heavy atom. The first kappa shape index (κ1) is 12.7. The van der Waals surface area contributed by atoms with Gasteiger partial charge in [0.2, 0.25) is 5.91 Å². The highest BCUT2D eigenvalue weighted by atomic mass is 79.9. The second kappa shape index (κ2) is 6.25. The van der Waals surface area contributed by atoms with E-state index in [0.717, 1.165) is 10.9 Å². The van der Waals surface area contributed by atoms with Gasteiger partial charge in [-0.1, -0.05) is 0 Å². The second-order valence-corrected chi connectivity index (χ2v) is 5.42. The first-order valence-corrected chi connectivity index (χ1v) is 6.50. The molecule has 15 heavy (non-hydrogen) atoms. The van der Waals surface area contributed by atoms with Crippen molar-refractivity contribution in [2.75, 3.05) is 6.54 Å². The van der Waals surface area contributed by atoms with Gasteiger partial charge < -0.3 is 11.1 Å². The van der Waals surface area contributed by atoms with Gasteiger partial charge in [-0.2, -0.15) is 0 Å². The predicted octanol–water partition coefficient (Wildman–Crippen LogP) is 1.91. The largest absolute Gasteiger partial charge is 0.356 e. The first-order valence-electron chi connectivity index (χ1n) is 4.83. The van der Waals surface area contributed by atoms with E-state index in [2.05, 4.69) is 27.3 Å². The standard InChI is InChI=1S/C10H15BrN2OS/c1-7(12)4-10(14)13-3-2-9-5-8(11)6-15-9/h5-7H,2-4,12H2,1H3,(H,13,14). The van der Waals surface area contributed by atoms with Crippen LogP contribution in [0.5, 0.6) is 0 Å². The van der Waals surface area contributed by atoms with Crippen LogP contribution in [0.4, 0.5) is 0 Å². The molecule has 0 aliphatic heterocycles. The van der Waals surface area contributed by atoms with Gasteiger partial charge in [-0.3, -0.25) is 4.79 Å². The van der Waals surface area contributed by atoms with Crippen LogP contribution in [0.15, 0.2) is 15.9 Å². The highest BCUT2D eigenvalue weighted by Gasteiger charge is 2.04. The van der Waals surface area contributed by atoms with Gasteiger partial charge >= 0.3 is 0 Å². The van der Waals surface area contributed by atoms with Gasteiger partial charge in [-0.05, 0) is 35.3 Å². The average molecular weight is 291 g/mol. The zero-order valence-electron chi connectivity index (χ0n) is 8.63. The fraction of sp³-hybridized carbons (Fsp3) is 0.500. The Morgan fingerprint density at radius 1 is 1.73 bits per heavy atom. The van der Waals surface area contributed by atoms with Crippen molar-refractivity contribution in [3.05, 3.63) is 20.8 Å². The lowest BCUT2D eigenvalue weighted by Gasteiger charge is -2.06. The molecular formula is C10H15BrN2OS. The zero-order valence-corrected chi connectivity index (χ0v) is 11.0. The number of hydrogen-bond acceptors (Lipinski definition) is 3. The van der Waals surface area contributed by atoms with Crippen molar-refractivity contribution in [2.45, 2.75) is 25.8 Å². The summed E-state index contributed by atoms with van der Waals surface area (Å²) in [6, 6.07) is 2.00. The van der Waals surface area contributed by atoms with E-state index < -0.39 is 0 Å². The molecule has 3 nitrogen and oxygen atoms in total. The summed E-state index contributed by atoms with van der Waals surface area (Å²) in [6.45, 7) is 2.51. The molecule has 1 rings (SSSR count). The number of nitrogens with one attached hydrogen (secondary N) is 1. The van der Waals surface area contributed by atoms with Gasteiger partial charge in [0.1, 0.15) is 0 Å². The zero-order chi connectivity index (χ0) is 11.3. The van der Waals surface area contributed by atoms with Gasteiger partial charge in [0.05, 0.1) is 0 Å². The Balaban J connectivity index is 2.19. The molecule has 0 aliphatic carbocycles.